The second-order valence-electron chi connectivity index (χ2n) is 17.7. The molecule has 0 saturated heterocycles. The predicted octanol–water partition coefficient (Wildman–Crippen LogP) is 15.0. The van der Waals surface area contributed by atoms with E-state index in [1.807, 2.05) is 0 Å². The molecule has 0 aromatic heterocycles. The van der Waals surface area contributed by atoms with Crippen molar-refractivity contribution < 1.29 is 0 Å². The van der Waals surface area contributed by atoms with Crippen LogP contribution in [0.1, 0.15) is 213 Å². The Morgan fingerprint density at radius 1 is 0.409 bits per heavy atom. The minimum Gasteiger partial charge on any atom is -0.100 e. The van der Waals surface area contributed by atoms with Crippen molar-refractivity contribution in [2.75, 3.05) is 0 Å². The van der Waals surface area contributed by atoms with Gasteiger partial charge < -0.3 is 0 Å². The topological polar surface area (TPSA) is 0 Å². The van der Waals surface area contributed by atoms with Crippen molar-refractivity contribution >= 4 is 23.2 Å². The lowest BCUT2D eigenvalue weighted by Crippen LogP contribution is -2.66. The summed E-state index contributed by atoms with van der Waals surface area (Å²) >= 11 is 15.0. The first-order chi connectivity index (χ1) is 21.4. The summed E-state index contributed by atoms with van der Waals surface area (Å²) < 4.78 is -0.459. The molecule has 0 bridgehead atoms. The zero-order chi connectivity index (χ0) is 30.9. The molecule has 0 unspecified atom stereocenters. The Labute approximate surface area is 285 Å². The Kier molecular flexibility index (Phi) is 14.1. The van der Waals surface area contributed by atoms with Gasteiger partial charge >= 0.3 is 0 Å². The molecule has 5 rings (SSSR count). The van der Waals surface area contributed by atoms with Crippen LogP contribution in [-0.4, -0.2) is 4.33 Å². The van der Waals surface area contributed by atoms with E-state index in [1.165, 1.54) is 199 Å². The molecule has 5 saturated carbocycles. The van der Waals surface area contributed by atoms with E-state index >= 15 is 0 Å². The van der Waals surface area contributed by atoms with Crippen molar-refractivity contribution in [3.05, 3.63) is 0 Å². The third-order valence-electron chi connectivity index (χ3n) is 15.0. The summed E-state index contributed by atoms with van der Waals surface area (Å²) in [5.74, 6) is 5.99. The van der Waals surface area contributed by atoms with Gasteiger partial charge in [0.1, 0.15) is 4.33 Å². The molecule has 0 aromatic carbocycles. The SMILES string of the molecule is CCCCCCCC[C@H]1CC[C@H](C2CCC3(CC2)CC2(CCC([C@H]4CC[C@H](CCCCCCCC)CC4)CC2)C3(Cl)Cl)CC1. The maximum Gasteiger partial charge on any atom is 0.129 e. The minimum atomic E-state index is -0.459. The van der Waals surface area contributed by atoms with Gasteiger partial charge in [0.15, 0.2) is 0 Å². The summed E-state index contributed by atoms with van der Waals surface area (Å²) in [5.41, 5.74) is 0.478. The summed E-state index contributed by atoms with van der Waals surface area (Å²) in [7, 11) is 0. The molecule has 2 heteroatoms. The normalized spacial score (nSPS) is 39.0. The van der Waals surface area contributed by atoms with Crippen molar-refractivity contribution in [1.29, 1.82) is 0 Å². The average Bonchev–Trinajstić information content (AvgIpc) is 3.05. The van der Waals surface area contributed by atoms with Gasteiger partial charge in [-0.05, 0) is 119 Å². The second kappa shape index (κ2) is 17.3. The highest BCUT2D eigenvalue weighted by molar-refractivity contribution is 6.50. The molecule has 0 N–H and O–H groups in total. The number of hydrogen-bond acceptors (Lipinski definition) is 0. The first kappa shape index (κ1) is 35.9. The van der Waals surface area contributed by atoms with Crippen LogP contribution >= 0.6 is 23.2 Å². The minimum absolute atomic E-state index is 0.239. The van der Waals surface area contributed by atoms with E-state index in [0.29, 0.717) is 0 Å². The highest BCUT2D eigenvalue weighted by atomic mass is 35.5. The molecule has 0 atom stereocenters. The fraction of sp³-hybridized carbons (Fsp3) is 1.00. The van der Waals surface area contributed by atoms with E-state index in [9.17, 15) is 0 Å². The van der Waals surface area contributed by atoms with Crippen LogP contribution < -0.4 is 0 Å². The number of halogens is 2. The van der Waals surface area contributed by atoms with Gasteiger partial charge in [0.25, 0.3) is 0 Å². The standard InChI is InChI=1S/C42H74Cl2/c1-3-5-7-9-11-13-15-34-17-21-36(22-18-34)38-25-29-40(30-26-38)33-41(42(40,43)44)31-27-39(28-32-41)37-23-19-35(20-24-37)16-14-12-10-8-6-4-2/h34-39H,3-33H2,1-2H3/t34-,35-,36-,37-,38?,39?,40?,41?. The van der Waals surface area contributed by atoms with Crippen LogP contribution in [0, 0.1) is 46.3 Å². The Hall–Kier alpha value is 0.580. The molecule has 2 spiro atoms. The van der Waals surface area contributed by atoms with Crippen molar-refractivity contribution in [3.8, 4) is 0 Å². The van der Waals surface area contributed by atoms with Crippen LogP contribution in [0.2, 0.25) is 0 Å². The van der Waals surface area contributed by atoms with Crippen molar-refractivity contribution in [2.24, 2.45) is 46.3 Å². The molecule has 0 nitrogen and oxygen atoms in total. The van der Waals surface area contributed by atoms with Gasteiger partial charge in [0, 0.05) is 10.8 Å². The second-order valence-corrected chi connectivity index (χ2v) is 19.0. The number of rotatable bonds is 16. The first-order valence-electron chi connectivity index (χ1n) is 20.8. The Morgan fingerprint density at radius 3 is 1.07 bits per heavy atom. The first-order valence-corrected chi connectivity index (χ1v) is 21.6. The molecule has 0 heterocycles. The number of unbranched alkanes of at least 4 members (excludes halogenated alkanes) is 10. The van der Waals surface area contributed by atoms with Gasteiger partial charge in [0.2, 0.25) is 0 Å². The van der Waals surface area contributed by atoms with E-state index in [0.717, 1.165) is 35.5 Å². The van der Waals surface area contributed by atoms with Gasteiger partial charge in [-0.1, -0.05) is 129 Å². The molecular formula is C42H74Cl2. The molecule has 5 fully saturated rings. The number of hydrogen-bond donors (Lipinski definition) is 0. The maximum atomic E-state index is 7.52. The smallest absolute Gasteiger partial charge is 0.100 e. The zero-order valence-electron chi connectivity index (χ0n) is 29.6. The molecule has 0 aliphatic heterocycles. The highest BCUT2D eigenvalue weighted by Gasteiger charge is 2.72. The zero-order valence-corrected chi connectivity index (χ0v) is 31.2. The Morgan fingerprint density at radius 2 is 0.727 bits per heavy atom. The van der Waals surface area contributed by atoms with Crippen molar-refractivity contribution in [1.82, 2.24) is 0 Å². The third-order valence-corrected chi connectivity index (χ3v) is 16.6. The highest BCUT2D eigenvalue weighted by Crippen LogP contribution is 2.77. The molecular weight excluding hydrogens is 575 g/mol. The van der Waals surface area contributed by atoms with Crippen LogP contribution in [0.3, 0.4) is 0 Å². The largest absolute Gasteiger partial charge is 0.129 e. The van der Waals surface area contributed by atoms with Crippen LogP contribution in [-0.2, 0) is 0 Å². The average molecular weight is 650 g/mol. The van der Waals surface area contributed by atoms with E-state index in [-0.39, 0.29) is 10.8 Å². The quantitative estimate of drug-likeness (QED) is 0.115. The molecule has 44 heavy (non-hydrogen) atoms. The van der Waals surface area contributed by atoms with Crippen LogP contribution in [0.4, 0.5) is 0 Å². The summed E-state index contributed by atoms with van der Waals surface area (Å²) in [5, 5.41) is 0. The van der Waals surface area contributed by atoms with Crippen molar-refractivity contribution in [2.45, 2.75) is 217 Å². The van der Waals surface area contributed by atoms with Crippen LogP contribution in [0.15, 0.2) is 0 Å². The maximum absolute atomic E-state index is 7.52. The number of alkyl halides is 2. The summed E-state index contributed by atoms with van der Waals surface area (Å²) in [6.07, 6.45) is 44.8. The van der Waals surface area contributed by atoms with E-state index in [1.54, 1.807) is 0 Å². The summed E-state index contributed by atoms with van der Waals surface area (Å²) in [4.78, 5) is 0. The van der Waals surface area contributed by atoms with E-state index in [2.05, 4.69) is 13.8 Å². The van der Waals surface area contributed by atoms with Gasteiger partial charge in [-0.2, -0.15) is 0 Å². The van der Waals surface area contributed by atoms with Gasteiger partial charge in [0.05, 0.1) is 0 Å². The molecule has 256 valence electrons. The lowest BCUT2D eigenvalue weighted by atomic mass is 9.42. The summed E-state index contributed by atoms with van der Waals surface area (Å²) in [6.45, 7) is 4.64. The van der Waals surface area contributed by atoms with Crippen molar-refractivity contribution in [3.63, 3.8) is 0 Å². The molecule has 0 radical (unpaired) electrons. The van der Waals surface area contributed by atoms with E-state index < -0.39 is 4.33 Å². The van der Waals surface area contributed by atoms with Crippen LogP contribution in [0.25, 0.3) is 0 Å². The third kappa shape index (κ3) is 8.59. The van der Waals surface area contributed by atoms with Crippen LogP contribution in [0.5, 0.6) is 0 Å². The molecule has 5 aliphatic rings. The molecule has 0 amide bonds. The molecule has 5 aliphatic carbocycles. The van der Waals surface area contributed by atoms with Gasteiger partial charge in [-0.15, -0.1) is 23.2 Å². The Balaban J connectivity index is 0.968. The van der Waals surface area contributed by atoms with E-state index in [4.69, 9.17) is 23.2 Å². The Bertz CT molecular complexity index is 721. The fourth-order valence-electron chi connectivity index (χ4n) is 12.0. The lowest BCUT2D eigenvalue weighted by molar-refractivity contribution is -0.122. The monoisotopic (exact) mass is 649 g/mol. The van der Waals surface area contributed by atoms with Gasteiger partial charge in [-0.25, -0.2) is 0 Å². The molecule has 0 aromatic rings. The van der Waals surface area contributed by atoms with Gasteiger partial charge in [-0.3, -0.25) is 0 Å². The predicted molar refractivity (Wildman–Crippen MR) is 195 cm³/mol. The lowest BCUT2D eigenvalue weighted by Gasteiger charge is -2.69. The summed E-state index contributed by atoms with van der Waals surface area (Å²) in [6, 6.07) is 0. The fourth-order valence-corrected chi connectivity index (χ4v) is 13.0.